The minimum Gasteiger partial charge on any atom is -0.391 e. The zero-order valence-electron chi connectivity index (χ0n) is 18.4. The van der Waals surface area contributed by atoms with Gasteiger partial charge in [0.2, 0.25) is 0 Å². The fourth-order valence-electron chi connectivity index (χ4n) is 2.09. The topological polar surface area (TPSA) is 38.7 Å². The lowest BCUT2D eigenvalue weighted by Gasteiger charge is -2.41. The summed E-state index contributed by atoms with van der Waals surface area (Å²) < 4.78 is 340. The summed E-state index contributed by atoms with van der Waals surface area (Å²) in [5.74, 6) is -68.9. The van der Waals surface area contributed by atoms with Crippen molar-refractivity contribution in [1.82, 2.24) is 0 Å². The Bertz CT molecular complexity index is 899. The minimum atomic E-state index is -8.77. The van der Waals surface area contributed by atoms with Crippen LogP contribution in [0.5, 0.6) is 0 Å². The van der Waals surface area contributed by atoms with E-state index in [1.165, 1.54) is 0 Å². The number of ether oxygens (including phenoxy) is 2. The van der Waals surface area contributed by atoms with E-state index in [1.54, 1.807) is 0 Å². The lowest BCUT2D eigenvalue weighted by Crippen LogP contribution is -2.71. The lowest BCUT2D eigenvalue weighted by molar-refractivity contribution is -0.505. The second-order valence-corrected chi connectivity index (χ2v) is 7.47. The number of alkyl halides is 26. The summed E-state index contributed by atoms with van der Waals surface area (Å²) in [5.41, 5.74) is 0. The molecule has 43 heavy (non-hydrogen) atoms. The van der Waals surface area contributed by atoms with E-state index in [1.807, 2.05) is 9.47 Å². The molecule has 0 fully saturated rings. The third-order valence-electron chi connectivity index (χ3n) is 4.52. The molecule has 0 aromatic rings. The van der Waals surface area contributed by atoms with Gasteiger partial charge in [-0.05, 0) is 0 Å². The monoisotopic (exact) mass is 714 g/mol. The van der Waals surface area contributed by atoms with Crippen LogP contribution < -0.4 is 0 Å². The molecule has 0 aliphatic heterocycles. The summed E-state index contributed by atoms with van der Waals surface area (Å²) in [5, 5.41) is 8.37. The second kappa shape index (κ2) is 10.6. The SMILES string of the molecule is OCC(OC(F)(F)C(F)(F)C(F)(F)C(F)(F)C(F)(F)C(F)(F)F)OC(F)(F)C(F)(F)C(F)(F)C(F)(F)C(F)(F)C(F)(F)F. The fraction of sp³-hybridized carbons (Fsp3) is 1.00. The molecule has 0 atom stereocenters. The van der Waals surface area contributed by atoms with Crippen LogP contribution in [0.3, 0.4) is 0 Å². The van der Waals surface area contributed by atoms with E-state index in [-0.39, 0.29) is 0 Å². The summed E-state index contributed by atoms with van der Waals surface area (Å²) in [6.45, 7) is -3.35. The van der Waals surface area contributed by atoms with Crippen molar-refractivity contribution < 1.29 is 129 Å². The number of hydrogen-bond acceptors (Lipinski definition) is 3. The van der Waals surface area contributed by atoms with E-state index < -0.39 is 84.8 Å². The van der Waals surface area contributed by atoms with Gasteiger partial charge < -0.3 is 5.11 Å². The fourth-order valence-corrected chi connectivity index (χ4v) is 2.09. The Hall–Kier alpha value is -1.94. The van der Waals surface area contributed by atoms with E-state index in [0.29, 0.717) is 0 Å². The van der Waals surface area contributed by atoms with Gasteiger partial charge in [-0.3, -0.25) is 9.47 Å². The molecule has 260 valence electrons. The molecular formula is C14H4F26O3. The first-order chi connectivity index (χ1) is 18.1. The van der Waals surface area contributed by atoms with Gasteiger partial charge in [-0.15, -0.1) is 0 Å². The largest absolute Gasteiger partial charge is 0.460 e. The highest BCUT2D eigenvalue weighted by atomic mass is 19.4. The molecule has 0 aliphatic rings. The highest BCUT2D eigenvalue weighted by Gasteiger charge is 2.93. The predicted octanol–water partition coefficient (Wildman–Crippen LogP) is 7.73. The van der Waals surface area contributed by atoms with Crippen LogP contribution in [-0.2, 0) is 9.47 Å². The molecule has 0 aliphatic carbocycles. The van der Waals surface area contributed by atoms with Crippen LogP contribution in [0.1, 0.15) is 0 Å². The average molecular weight is 714 g/mol. The number of halogens is 26. The van der Waals surface area contributed by atoms with Crippen molar-refractivity contribution in [3.8, 4) is 0 Å². The third kappa shape index (κ3) is 5.80. The Morgan fingerprint density at radius 2 is 0.512 bits per heavy atom. The van der Waals surface area contributed by atoms with Gasteiger partial charge in [0.15, 0.2) is 6.29 Å². The Morgan fingerprint density at radius 3 is 0.674 bits per heavy atom. The highest BCUT2D eigenvalue weighted by molar-refractivity contribution is 5.10. The Kier molecular flexibility index (Phi) is 10.1. The number of hydrogen-bond donors (Lipinski definition) is 1. The van der Waals surface area contributed by atoms with Crippen LogP contribution in [0.15, 0.2) is 0 Å². The minimum absolute atomic E-state index is 1.91. The Morgan fingerprint density at radius 1 is 0.326 bits per heavy atom. The third-order valence-corrected chi connectivity index (χ3v) is 4.52. The van der Waals surface area contributed by atoms with E-state index >= 15 is 0 Å². The first-order valence-electron chi connectivity index (χ1n) is 9.02. The first kappa shape index (κ1) is 41.1. The van der Waals surface area contributed by atoms with Crippen molar-refractivity contribution in [2.24, 2.45) is 0 Å². The summed E-state index contributed by atoms with van der Waals surface area (Å²) in [6.07, 6.45) is -37.2. The smallest absolute Gasteiger partial charge is 0.391 e. The van der Waals surface area contributed by atoms with Crippen molar-refractivity contribution in [3.05, 3.63) is 0 Å². The van der Waals surface area contributed by atoms with Crippen LogP contribution in [0.25, 0.3) is 0 Å². The Labute approximate surface area is 215 Å². The van der Waals surface area contributed by atoms with Crippen LogP contribution in [0.4, 0.5) is 114 Å². The molecule has 0 bridgehead atoms. The van der Waals surface area contributed by atoms with Gasteiger partial charge >= 0.3 is 72.0 Å². The van der Waals surface area contributed by atoms with Gasteiger partial charge in [-0.25, -0.2) is 0 Å². The molecule has 0 aromatic carbocycles. The number of aliphatic hydroxyl groups is 1. The molecule has 0 rings (SSSR count). The van der Waals surface area contributed by atoms with E-state index in [2.05, 4.69) is 0 Å². The highest BCUT2D eigenvalue weighted by Crippen LogP contribution is 2.62. The van der Waals surface area contributed by atoms with Crippen molar-refractivity contribution in [2.75, 3.05) is 6.61 Å². The van der Waals surface area contributed by atoms with Crippen LogP contribution in [0, 0.1) is 0 Å². The van der Waals surface area contributed by atoms with Crippen molar-refractivity contribution in [3.63, 3.8) is 0 Å². The summed E-state index contributed by atoms with van der Waals surface area (Å²) >= 11 is 0. The van der Waals surface area contributed by atoms with Gasteiger partial charge in [0.1, 0.15) is 0 Å². The average Bonchev–Trinajstić information content (AvgIpc) is 2.75. The quantitative estimate of drug-likeness (QED) is 0.157. The first-order valence-corrected chi connectivity index (χ1v) is 9.02. The number of aliphatic hydroxyl groups excluding tert-OH is 1. The van der Waals surface area contributed by atoms with Gasteiger partial charge in [0.25, 0.3) is 0 Å². The second-order valence-electron chi connectivity index (χ2n) is 7.47. The summed E-state index contributed by atoms with van der Waals surface area (Å²) in [6, 6.07) is 0. The molecule has 0 spiro atoms. The summed E-state index contributed by atoms with van der Waals surface area (Å²) in [4.78, 5) is 0. The normalized spacial score (nSPS) is 16.7. The molecule has 0 unspecified atom stereocenters. The molecule has 0 heterocycles. The molecule has 0 radical (unpaired) electrons. The van der Waals surface area contributed by atoms with Crippen LogP contribution in [0.2, 0.25) is 0 Å². The maximum atomic E-state index is 13.5. The van der Waals surface area contributed by atoms with Crippen LogP contribution in [-0.4, -0.2) is 90.0 Å². The number of rotatable bonds is 13. The maximum absolute atomic E-state index is 13.5. The summed E-state index contributed by atoms with van der Waals surface area (Å²) in [7, 11) is 0. The molecule has 1 N–H and O–H groups in total. The van der Waals surface area contributed by atoms with E-state index in [9.17, 15) is 114 Å². The van der Waals surface area contributed by atoms with Gasteiger partial charge in [0.05, 0.1) is 6.61 Å². The van der Waals surface area contributed by atoms with E-state index in [0.717, 1.165) is 0 Å². The molecule has 0 saturated heterocycles. The molecule has 0 amide bonds. The zero-order valence-corrected chi connectivity index (χ0v) is 18.4. The molecule has 0 aromatic heterocycles. The zero-order chi connectivity index (χ0) is 35.7. The van der Waals surface area contributed by atoms with Gasteiger partial charge in [0, 0.05) is 0 Å². The molecule has 0 saturated carbocycles. The lowest BCUT2D eigenvalue weighted by atomic mass is 9.97. The maximum Gasteiger partial charge on any atom is 0.460 e. The van der Waals surface area contributed by atoms with Crippen molar-refractivity contribution in [1.29, 1.82) is 0 Å². The molecular weight excluding hydrogens is 710 g/mol. The van der Waals surface area contributed by atoms with Crippen LogP contribution >= 0.6 is 0 Å². The van der Waals surface area contributed by atoms with Crippen molar-refractivity contribution >= 4 is 0 Å². The molecule has 3 nitrogen and oxygen atoms in total. The van der Waals surface area contributed by atoms with Gasteiger partial charge in [-0.1, -0.05) is 0 Å². The molecule has 29 heteroatoms. The van der Waals surface area contributed by atoms with Crippen molar-refractivity contribution in [2.45, 2.75) is 78.2 Å². The van der Waals surface area contributed by atoms with Gasteiger partial charge in [-0.2, -0.15) is 114 Å². The predicted molar refractivity (Wildman–Crippen MR) is 74.6 cm³/mol. The Balaban J connectivity index is 6.66. The standard InChI is InChI=1S/C14H4F26O3/c15-3(16,7(23,24)11(31,32)33)5(19,20)9(27,28)13(37,38)42-2(1-41)43-14(39,40)10(29,30)6(21,22)4(17,18)8(25,26)12(34,35)36/h2,41H,1H2. The van der Waals surface area contributed by atoms with E-state index in [4.69, 9.17) is 5.11 Å².